The van der Waals surface area contributed by atoms with Crippen LogP contribution in [0.4, 0.5) is 0 Å². The van der Waals surface area contributed by atoms with Gasteiger partial charge in [0, 0.05) is 18.8 Å². The third-order valence-corrected chi connectivity index (χ3v) is 4.39. The summed E-state index contributed by atoms with van der Waals surface area (Å²) in [7, 11) is 0. The van der Waals surface area contributed by atoms with E-state index in [2.05, 4.69) is 35.6 Å². The summed E-state index contributed by atoms with van der Waals surface area (Å²) in [4.78, 5) is 0. The lowest BCUT2D eigenvalue weighted by Gasteiger charge is -2.12. The lowest BCUT2D eigenvalue weighted by Crippen LogP contribution is -2.17. The largest absolute Gasteiger partial charge is 0.391 e. The normalized spacial score (nSPS) is 24.1. The van der Waals surface area contributed by atoms with Gasteiger partial charge in [-0.05, 0) is 30.1 Å². The van der Waals surface area contributed by atoms with Gasteiger partial charge in [-0.1, -0.05) is 30.3 Å². The molecular weight excluding hydrogens is 230 g/mol. The molecule has 1 aromatic carbocycles. The predicted octanol–water partition coefficient (Wildman–Crippen LogP) is 2.28. The van der Waals surface area contributed by atoms with E-state index in [4.69, 9.17) is 0 Å². The molecule has 1 aliphatic heterocycles. The second-order valence-electron chi connectivity index (χ2n) is 4.67. The lowest BCUT2D eigenvalue weighted by atomic mass is 10.0. The second kappa shape index (κ2) is 7.04. The molecule has 0 amide bonds. The molecule has 0 spiro atoms. The van der Waals surface area contributed by atoms with E-state index >= 15 is 0 Å². The van der Waals surface area contributed by atoms with Crippen LogP contribution >= 0.6 is 11.8 Å². The summed E-state index contributed by atoms with van der Waals surface area (Å²) in [6.45, 7) is 1.77. The molecule has 1 aliphatic rings. The maximum Gasteiger partial charge on any atom is 0.0704 e. The lowest BCUT2D eigenvalue weighted by molar-refractivity contribution is 0.142. The number of aliphatic hydroxyl groups is 1. The first kappa shape index (κ1) is 12.9. The van der Waals surface area contributed by atoms with Gasteiger partial charge >= 0.3 is 0 Å². The van der Waals surface area contributed by atoms with Crippen molar-refractivity contribution in [3.05, 3.63) is 35.9 Å². The summed E-state index contributed by atoms with van der Waals surface area (Å²) >= 11 is 1.99. The molecule has 1 aromatic rings. The average Bonchev–Trinajstić information content (AvgIpc) is 2.76. The van der Waals surface area contributed by atoms with Crippen LogP contribution in [-0.4, -0.2) is 30.1 Å². The van der Waals surface area contributed by atoms with Gasteiger partial charge in [-0.25, -0.2) is 0 Å². The van der Waals surface area contributed by atoms with Gasteiger partial charge in [0.05, 0.1) is 6.10 Å². The van der Waals surface area contributed by atoms with Gasteiger partial charge in [0.15, 0.2) is 0 Å². The highest BCUT2D eigenvalue weighted by atomic mass is 32.2. The molecule has 17 heavy (non-hydrogen) atoms. The van der Waals surface area contributed by atoms with Crippen LogP contribution < -0.4 is 5.32 Å². The zero-order chi connectivity index (χ0) is 11.9. The van der Waals surface area contributed by atoms with Crippen molar-refractivity contribution in [2.75, 3.05) is 18.8 Å². The molecule has 94 valence electrons. The number of aliphatic hydroxyl groups excluding tert-OH is 1. The smallest absolute Gasteiger partial charge is 0.0704 e. The Morgan fingerprint density at radius 3 is 2.76 bits per heavy atom. The molecule has 0 radical (unpaired) electrons. The molecule has 2 atom stereocenters. The Morgan fingerprint density at radius 2 is 2.06 bits per heavy atom. The Labute approximate surface area is 108 Å². The minimum atomic E-state index is -0.117. The zero-order valence-corrected chi connectivity index (χ0v) is 11.0. The van der Waals surface area contributed by atoms with Crippen LogP contribution in [0.3, 0.4) is 0 Å². The van der Waals surface area contributed by atoms with Crippen molar-refractivity contribution in [3.8, 4) is 0 Å². The first-order valence-corrected chi connectivity index (χ1v) is 7.52. The van der Waals surface area contributed by atoms with E-state index in [1.54, 1.807) is 0 Å². The Hall–Kier alpha value is -0.510. The van der Waals surface area contributed by atoms with Gasteiger partial charge in [0.2, 0.25) is 0 Å². The highest BCUT2D eigenvalue weighted by Crippen LogP contribution is 2.19. The van der Waals surface area contributed by atoms with E-state index in [1.807, 2.05) is 11.8 Å². The number of nitrogens with one attached hydrogen (secondary N) is 1. The number of hydrogen-bond acceptors (Lipinski definition) is 3. The third-order valence-electron chi connectivity index (χ3n) is 3.28. The highest BCUT2D eigenvalue weighted by Gasteiger charge is 2.23. The molecule has 0 aromatic heterocycles. The van der Waals surface area contributed by atoms with Crippen LogP contribution in [0.15, 0.2) is 30.3 Å². The van der Waals surface area contributed by atoms with Crippen molar-refractivity contribution in [1.29, 1.82) is 0 Å². The van der Waals surface area contributed by atoms with E-state index in [-0.39, 0.29) is 6.10 Å². The molecule has 2 N–H and O–H groups in total. The van der Waals surface area contributed by atoms with E-state index in [0.29, 0.717) is 5.92 Å². The van der Waals surface area contributed by atoms with Gasteiger partial charge in [-0.3, -0.25) is 0 Å². The minimum absolute atomic E-state index is 0.117. The Kier molecular flexibility index (Phi) is 5.36. The van der Waals surface area contributed by atoms with Gasteiger partial charge in [-0.2, -0.15) is 11.8 Å². The van der Waals surface area contributed by atoms with E-state index in [9.17, 15) is 5.11 Å². The fourth-order valence-electron chi connectivity index (χ4n) is 2.23. The van der Waals surface area contributed by atoms with Crippen molar-refractivity contribution in [2.45, 2.75) is 24.7 Å². The SMILES string of the molecule is O[C@H]1CNC[C@@H]1CCCSCc1ccccc1. The van der Waals surface area contributed by atoms with Crippen molar-refractivity contribution >= 4 is 11.8 Å². The minimum Gasteiger partial charge on any atom is -0.391 e. The summed E-state index contributed by atoms with van der Waals surface area (Å²) in [5.74, 6) is 2.78. The molecule has 1 saturated heterocycles. The van der Waals surface area contributed by atoms with E-state index in [1.165, 1.54) is 17.7 Å². The summed E-state index contributed by atoms with van der Waals surface area (Å²) in [6, 6.07) is 10.6. The monoisotopic (exact) mass is 251 g/mol. The predicted molar refractivity (Wildman–Crippen MR) is 74.2 cm³/mol. The highest BCUT2D eigenvalue weighted by molar-refractivity contribution is 7.98. The van der Waals surface area contributed by atoms with E-state index < -0.39 is 0 Å². The van der Waals surface area contributed by atoms with Crippen LogP contribution in [0.1, 0.15) is 18.4 Å². The van der Waals surface area contributed by atoms with Gasteiger partial charge in [-0.15, -0.1) is 0 Å². The molecule has 2 nitrogen and oxygen atoms in total. The Balaban J connectivity index is 1.55. The first-order chi connectivity index (χ1) is 8.36. The Morgan fingerprint density at radius 1 is 1.24 bits per heavy atom. The number of rotatable bonds is 6. The standard InChI is InChI=1S/C14H21NOS/c16-14-10-15-9-13(14)7-4-8-17-11-12-5-2-1-3-6-12/h1-3,5-6,13-16H,4,7-11H2/t13-,14-/m0/s1. The number of thioether (sulfide) groups is 1. The van der Waals surface area contributed by atoms with E-state index in [0.717, 1.165) is 25.3 Å². The summed E-state index contributed by atoms with van der Waals surface area (Å²) in [5.41, 5.74) is 1.40. The maximum absolute atomic E-state index is 9.65. The number of β-amino-alcohol motifs (C(OH)–C–C–N with tert-alkyl or cyclic N) is 1. The zero-order valence-electron chi connectivity index (χ0n) is 10.1. The van der Waals surface area contributed by atoms with Gasteiger partial charge in [0.25, 0.3) is 0 Å². The van der Waals surface area contributed by atoms with Crippen LogP contribution in [0, 0.1) is 5.92 Å². The molecule has 1 fully saturated rings. The number of benzene rings is 1. The van der Waals surface area contributed by atoms with Gasteiger partial charge in [0.1, 0.15) is 0 Å². The molecule has 0 saturated carbocycles. The maximum atomic E-state index is 9.65. The topological polar surface area (TPSA) is 32.3 Å². The third kappa shape index (κ3) is 4.34. The molecule has 0 aliphatic carbocycles. The van der Waals surface area contributed by atoms with Crippen LogP contribution in [0.5, 0.6) is 0 Å². The summed E-state index contributed by atoms with van der Waals surface area (Å²) in [6.07, 6.45) is 2.24. The molecule has 3 heteroatoms. The molecule has 2 rings (SSSR count). The molecular formula is C14H21NOS. The Bertz CT molecular complexity index is 317. The fourth-order valence-corrected chi connectivity index (χ4v) is 3.17. The fraction of sp³-hybridized carbons (Fsp3) is 0.571. The second-order valence-corrected chi connectivity index (χ2v) is 5.77. The average molecular weight is 251 g/mol. The number of hydrogen-bond donors (Lipinski definition) is 2. The quantitative estimate of drug-likeness (QED) is 0.761. The molecule has 0 unspecified atom stereocenters. The van der Waals surface area contributed by atoms with Crippen molar-refractivity contribution < 1.29 is 5.11 Å². The van der Waals surface area contributed by atoms with Crippen molar-refractivity contribution in [3.63, 3.8) is 0 Å². The first-order valence-electron chi connectivity index (χ1n) is 6.36. The van der Waals surface area contributed by atoms with Crippen molar-refractivity contribution in [2.24, 2.45) is 5.92 Å². The molecule has 1 heterocycles. The van der Waals surface area contributed by atoms with Crippen LogP contribution in [-0.2, 0) is 5.75 Å². The van der Waals surface area contributed by atoms with Crippen LogP contribution in [0.2, 0.25) is 0 Å². The summed E-state index contributed by atoms with van der Waals surface area (Å²) in [5, 5.41) is 12.9. The van der Waals surface area contributed by atoms with Gasteiger partial charge < -0.3 is 10.4 Å². The van der Waals surface area contributed by atoms with Crippen molar-refractivity contribution in [1.82, 2.24) is 5.32 Å². The molecule has 0 bridgehead atoms. The summed E-state index contributed by atoms with van der Waals surface area (Å²) < 4.78 is 0. The van der Waals surface area contributed by atoms with Crippen LogP contribution in [0.25, 0.3) is 0 Å².